The van der Waals surface area contributed by atoms with Gasteiger partial charge in [0.1, 0.15) is 5.84 Å². The van der Waals surface area contributed by atoms with Crippen molar-refractivity contribution in [3.63, 3.8) is 0 Å². The third-order valence-electron chi connectivity index (χ3n) is 4.58. The fourth-order valence-corrected chi connectivity index (χ4v) is 3.50. The summed E-state index contributed by atoms with van der Waals surface area (Å²) in [5, 5.41) is 8.32. The Kier molecular flexibility index (Phi) is 2.89. The smallest absolute Gasteiger partial charge is 0.128 e. The van der Waals surface area contributed by atoms with Crippen LogP contribution in [0.2, 0.25) is 0 Å². The van der Waals surface area contributed by atoms with Gasteiger partial charge in [-0.05, 0) is 23.8 Å². The third kappa shape index (κ3) is 2.05. The van der Waals surface area contributed by atoms with Gasteiger partial charge in [-0.3, -0.25) is 5.41 Å². The van der Waals surface area contributed by atoms with Crippen LogP contribution in [0.5, 0.6) is 0 Å². The summed E-state index contributed by atoms with van der Waals surface area (Å²) in [6, 6.07) is 8.37. The lowest BCUT2D eigenvalue weighted by Crippen LogP contribution is -2.37. The summed E-state index contributed by atoms with van der Waals surface area (Å²) in [5.74, 6) is 0.734. The van der Waals surface area contributed by atoms with Crippen LogP contribution in [0, 0.1) is 10.8 Å². The summed E-state index contributed by atoms with van der Waals surface area (Å²) < 4.78 is 0. The highest BCUT2D eigenvalue weighted by Gasteiger charge is 2.33. The van der Waals surface area contributed by atoms with Gasteiger partial charge in [0.15, 0.2) is 0 Å². The van der Waals surface area contributed by atoms with Crippen LogP contribution in [0.25, 0.3) is 0 Å². The van der Waals surface area contributed by atoms with Gasteiger partial charge >= 0.3 is 0 Å². The summed E-state index contributed by atoms with van der Waals surface area (Å²) in [6.07, 6.45) is 6.78. The van der Waals surface area contributed by atoms with Gasteiger partial charge < -0.3 is 4.90 Å². The molecule has 0 radical (unpaired) electrons. The van der Waals surface area contributed by atoms with E-state index < -0.39 is 0 Å². The Morgan fingerprint density at radius 3 is 2.61 bits per heavy atom. The average Bonchev–Trinajstić information content (AvgIpc) is 2.67. The molecule has 0 spiro atoms. The summed E-state index contributed by atoms with van der Waals surface area (Å²) >= 11 is 0. The van der Waals surface area contributed by atoms with Gasteiger partial charge in [-0.2, -0.15) is 0 Å². The molecule has 1 saturated carbocycles. The van der Waals surface area contributed by atoms with Crippen molar-refractivity contribution in [2.24, 2.45) is 5.41 Å². The topological polar surface area (TPSA) is 27.1 Å². The van der Waals surface area contributed by atoms with Gasteiger partial charge in [0.2, 0.25) is 0 Å². The summed E-state index contributed by atoms with van der Waals surface area (Å²) in [7, 11) is 0. The van der Waals surface area contributed by atoms with E-state index >= 15 is 0 Å². The molecule has 0 amide bonds. The van der Waals surface area contributed by atoms with E-state index in [-0.39, 0.29) is 0 Å². The number of benzene rings is 1. The zero-order chi connectivity index (χ0) is 12.6. The van der Waals surface area contributed by atoms with E-state index in [2.05, 4.69) is 30.0 Å². The first-order chi connectivity index (χ1) is 8.68. The fraction of sp³-hybridized carbons (Fsp3) is 0.562. The van der Waals surface area contributed by atoms with Crippen molar-refractivity contribution >= 4 is 5.84 Å². The highest BCUT2D eigenvalue weighted by atomic mass is 15.2. The molecule has 1 N–H and O–H groups in total. The maximum Gasteiger partial charge on any atom is 0.128 e. The van der Waals surface area contributed by atoms with Crippen LogP contribution in [0.15, 0.2) is 24.3 Å². The predicted molar refractivity (Wildman–Crippen MR) is 74.9 cm³/mol. The van der Waals surface area contributed by atoms with E-state index in [1.807, 2.05) is 6.07 Å². The largest absolute Gasteiger partial charge is 0.352 e. The minimum absolute atomic E-state index is 0.423. The minimum Gasteiger partial charge on any atom is -0.352 e. The Labute approximate surface area is 110 Å². The molecule has 1 aliphatic heterocycles. The van der Waals surface area contributed by atoms with Crippen LogP contribution in [-0.2, 0) is 6.54 Å². The lowest BCUT2D eigenvalue weighted by Gasteiger charge is -2.37. The number of amidine groups is 1. The number of fused-ring (bicyclic) bond motifs is 1. The van der Waals surface area contributed by atoms with E-state index in [9.17, 15) is 0 Å². The van der Waals surface area contributed by atoms with Gasteiger partial charge in [-0.1, -0.05) is 50.5 Å². The first-order valence-corrected chi connectivity index (χ1v) is 7.10. The number of hydrogen-bond acceptors (Lipinski definition) is 1. The molecule has 18 heavy (non-hydrogen) atoms. The predicted octanol–water partition coefficient (Wildman–Crippen LogP) is 3.80. The van der Waals surface area contributed by atoms with Crippen LogP contribution >= 0.6 is 0 Å². The van der Waals surface area contributed by atoms with Gasteiger partial charge in [0.25, 0.3) is 0 Å². The second-order valence-electron chi connectivity index (χ2n) is 6.23. The minimum atomic E-state index is 0.423. The SMILES string of the molecule is CC1(CN2Cc3ccccc3C2=N)CCCCC1. The molecule has 2 nitrogen and oxygen atoms in total. The maximum atomic E-state index is 8.32. The summed E-state index contributed by atoms with van der Waals surface area (Å²) in [4.78, 5) is 2.27. The van der Waals surface area contributed by atoms with E-state index in [0.717, 1.165) is 24.5 Å². The first kappa shape index (κ1) is 11.8. The van der Waals surface area contributed by atoms with E-state index in [1.54, 1.807) is 0 Å². The Morgan fingerprint density at radius 2 is 1.89 bits per heavy atom. The van der Waals surface area contributed by atoms with Crippen LogP contribution in [-0.4, -0.2) is 17.3 Å². The van der Waals surface area contributed by atoms with Crippen LogP contribution < -0.4 is 0 Å². The molecule has 1 aliphatic carbocycles. The molecular formula is C16H22N2. The molecule has 1 aromatic carbocycles. The molecule has 1 aromatic rings. The monoisotopic (exact) mass is 242 g/mol. The second-order valence-corrected chi connectivity index (χ2v) is 6.23. The fourth-order valence-electron chi connectivity index (χ4n) is 3.50. The number of nitrogens with one attached hydrogen (secondary N) is 1. The summed E-state index contributed by atoms with van der Waals surface area (Å²) in [5.41, 5.74) is 2.88. The van der Waals surface area contributed by atoms with Gasteiger partial charge in [-0.25, -0.2) is 0 Å². The zero-order valence-corrected chi connectivity index (χ0v) is 11.2. The molecule has 0 aromatic heterocycles. The van der Waals surface area contributed by atoms with Crippen molar-refractivity contribution in [3.05, 3.63) is 35.4 Å². The Balaban J connectivity index is 1.74. The van der Waals surface area contributed by atoms with Crippen molar-refractivity contribution in [2.75, 3.05) is 6.54 Å². The molecule has 0 bridgehead atoms. The molecule has 1 fully saturated rings. The molecule has 2 heteroatoms. The molecule has 0 unspecified atom stereocenters. The highest BCUT2D eigenvalue weighted by molar-refractivity contribution is 6.00. The standard InChI is InChI=1S/C16H22N2/c1-16(9-5-2-6-10-16)12-18-11-13-7-3-4-8-14(13)15(18)17/h3-4,7-8,17H,2,5-6,9-12H2,1H3. The van der Waals surface area contributed by atoms with Crippen LogP contribution in [0.1, 0.15) is 50.2 Å². The second kappa shape index (κ2) is 4.42. The lowest BCUT2D eigenvalue weighted by atomic mass is 9.75. The number of hydrogen-bond donors (Lipinski definition) is 1. The molecule has 2 aliphatic rings. The van der Waals surface area contributed by atoms with Crippen molar-refractivity contribution in [1.82, 2.24) is 4.90 Å². The van der Waals surface area contributed by atoms with Gasteiger partial charge in [0.05, 0.1) is 0 Å². The van der Waals surface area contributed by atoms with Crippen LogP contribution in [0.3, 0.4) is 0 Å². The van der Waals surface area contributed by atoms with E-state index in [4.69, 9.17) is 5.41 Å². The van der Waals surface area contributed by atoms with Gasteiger partial charge in [0, 0.05) is 18.7 Å². The van der Waals surface area contributed by atoms with Crippen molar-refractivity contribution < 1.29 is 0 Å². The lowest BCUT2D eigenvalue weighted by molar-refractivity contribution is 0.163. The number of rotatable bonds is 2. The molecule has 1 heterocycles. The van der Waals surface area contributed by atoms with Crippen LogP contribution in [0.4, 0.5) is 0 Å². The third-order valence-corrected chi connectivity index (χ3v) is 4.58. The Morgan fingerprint density at radius 1 is 1.17 bits per heavy atom. The van der Waals surface area contributed by atoms with Crippen molar-refractivity contribution in [1.29, 1.82) is 5.41 Å². The maximum absolute atomic E-state index is 8.32. The van der Waals surface area contributed by atoms with Gasteiger partial charge in [-0.15, -0.1) is 0 Å². The van der Waals surface area contributed by atoms with E-state index in [0.29, 0.717) is 5.41 Å². The normalized spacial score (nSPS) is 22.1. The highest BCUT2D eigenvalue weighted by Crippen LogP contribution is 2.38. The quantitative estimate of drug-likeness (QED) is 0.839. The number of nitrogens with zero attached hydrogens (tertiary/aromatic N) is 1. The first-order valence-electron chi connectivity index (χ1n) is 7.10. The van der Waals surface area contributed by atoms with E-state index in [1.165, 1.54) is 37.7 Å². The Hall–Kier alpha value is -1.31. The molecule has 3 rings (SSSR count). The van der Waals surface area contributed by atoms with Crippen molar-refractivity contribution in [2.45, 2.75) is 45.6 Å². The average molecular weight is 242 g/mol. The molecule has 0 saturated heterocycles. The Bertz CT molecular complexity index is 458. The molecule has 0 atom stereocenters. The van der Waals surface area contributed by atoms with Crippen molar-refractivity contribution in [3.8, 4) is 0 Å². The summed E-state index contributed by atoms with van der Waals surface area (Å²) in [6.45, 7) is 4.40. The molecular weight excluding hydrogens is 220 g/mol. The molecule has 96 valence electrons. The zero-order valence-electron chi connectivity index (χ0n) is 11.2.